The van der Waals surface area contributed by atoms with Gasteiger partial charge in [0, 0.05) is 7.11 Å². The molecule has 1 heterocycles. The van der Waals surface area contributed by atoms with Gasteiger partial charge in [0.15, 0.2) is 5.02 Å². The van der Waals surface area contributed by atoms with Crippen molar-refractivity contribution < 1.29 is 18.9 Å². The molecule has 0 fully saturated rings. The van der Waals surface area contributed by atoms with Gasteiger partial charge in [-0.15, -0.1) is 0 Å². The largest absolute Gasteiger partial charge is 0.474 e. The van der Waals surface area contributed by atoms with Gasteiger partial charge >= 0.3 is 0 Å². The van der Waals surface area contributed by atoms with Crippen LogP contribution in [0.15, 0.2) is 11.1 Å². The number of halogens is 1. The van der Waals surface area contributed by atoms with Gasteiger partial charge in [0.1, 0.15) is 6.61 Å². The Labute approximate surface area is 115 Å². The van der Waals surface area contributed by atoms with Gasteiger partial charge < -0.3 is 23.9 Å². The second-order valence-electron chi connectivity index (χ2n) is 3.42. The predicted octanol–water partition coefficient (Wildman–Crippen LogP) is 0.482. The molecule has 0 aliphatic heterocycles. The van der Waals surface area contributed by atoms with Crippen molar-refractivity contribution in [3.05, 3.63) is 21.7 Å². The maximum absolute atomic E-state index is 11.1. The first-order valence-electron chi connectivity index (χ1n) is 5.76. The summed E-state index contributed by atoms with van der Waals surface area (Å²) in [4.78, 5) is 17.3. The van der Waals surface area contributed by atoms with Crippen molar-refractivity contribution in [2.24, 2.45) is 0 Å². The van der Waals surface area contributed by atoms with Crippen molar-refractivity contribution >= 4 is 11.6 Å². The highest BCUT2D eigenvalue weighted by Gasteiger charge is 2.06. The fourth-order valence-electron chi connectivity index (χ4n) is 1.13. The minimum absolute atomic E-state index is 0.0644. The zero-order chi connectivity index (χ0) is 13.9. The van der Waals surface area contributed by atoms with E-state index >= 15 is 0 Å². The summed E-state index contributed by atoms with van der Waals surface area (Å²) >= 11 is 5.70. The van der Waals surface area contributed by atoms with E-state index in [9.17, 15) is 4.79 Å². The first-order valence-corrected chi connectivity index (χ1v) is 6.14. The van der Waals surface area contributed by atoms with E-state index in [1.165, 1.54) is 6.33 Å². The average Bonchev–Trinajstić information content (AvgIpc) is 2.41. The molecule has 1 N–H and O–H groups in total. The van der Waals surface area contributed by atoms with E-state index in [2.05, 4.69) is 9.97 Å². The Morgan fingerprint density at radius 1 is 1.16 bits per heavy atom. The molecule has 0 radical (unpaired) electrons. The third-order valence-corrected chi connectivity index (χ3v) is 2.37. The molecule has 0 bridgehead atoms. The molecule has 0 saturated heterocycles. The summed E-state index contributed by atoms with van der Waals surface area (Å²) in [5, 5.41) is -0.0644. The molecular formula is C11H17ClN2O5. The fourth-order valence-corrected chi connectivity index (χ4v) is 1.29. The first kappa shape index (κ1) is 15.9. The second kappa shape index (κ2) is 9.74. The Bertz CT molecular complexity index is 412. The predicted molar refractivity (Wildman–Crippen MR) is 68.9 cm³/mol. The monoisotopic (exact) mass is 292 g/mol. The molecule has 0 unspecified atom stereocenters. The zero-order valence-electron chi connectivity index (χ0n) is 10.7. The Morgan fingerprint density at radius 3 is 2.47 bits per heavy atom. The van der Waals surface area contributed by atoms with Crippen LogP contribution >= 0.6 is 11.6 Å². The van der Waals surface area contributed by atoms with Gasteiger partial charge in [-0.05, 0) is 0 Å². The van der Waals surface area contributed by atoms with Crippen LogP contribution in [0.5, 0.6) is 5.88 Å². The number of nitrogens with zero attached hydrogens (tertiary/aromatic N) is 1. The minimum Gasteiger partial charge on any atom is -0.474 e. The van der Waals surface area contributed by atoms with Crippen molar-refractivity contribution in [2.45, 2.75) is 0 Å². The number of ether oxygens (including phenoxy) is 4. The molecule has 19 heavy (non-hydrogen) atoms. The van der Waals surface area contributed by atoms with Crippen molar-refractivity contribution in [3.8, 4) is 5.88 Å². The topological polar surface area (TPSA) is 82.7 Å². The van der Waals surface area contributed by atoms with Gasteiger partial charge in [-0.1, -0.05) is 11.6 Å². The number of aromatic nitrogens is 2. The number of rotatable bonds is 10. The fraction of sp³-hybridized carbons (Fsp3) is 0.636. The molecule has 7 nitrogen and oxygen atoms in total. The highest BCUT2D eigenvalue weighted by Crippen LogP contribution is 2.14. The van der Waals surface area contributed by atoms with Gasteiger partial charge in [0.25, 0.3) is 5.56 Å². The van der Waals surface area contributed by atoms with Crippen LogP contribution < -0.4 is 10.3 Å². The summed E-state index contributed by atoms with van der Waals surface area (Å²) in [6.45, 7) is 2.68. The van der Waals surface area contributed by atoms with E-state index in [-0.39, 0.29) is 17.5 Å². The molecule has 1 aromatic heterocycles. The van der Waals surface area contributed by atoms with Gasteiger partial charge in [0.2, 0.25) is 5.88 Å². The lowest BCUT2D eigenvalue weighted by Crippen LogP contribution is -2.14. The molecule has 0 aliphatic carbocycles. The molecule has 0 aromatic carbocycles. The van der Waals surface area contributed by atoms with Crippen molar-refractivity contribution in [2.75, 3.05) is 46.8 Å². The summed E-state index contributed by atoms with van der Waals surface area (Å²) in [6, 6.07) is 0. The molecule has 0 aliphatic rings. The Hall–Kier alpha value is -1.15. The van der Waals surface area contributed by atoms with E-state index in [0.29, 0.717) is 33.0 Å². The molecule has 0 amide bonds. The lowest BCUT2D eigenvalue weighted by Gasteiger charge is -2.07. The Kier molecular flexibility index (Phi) is 8.15. The molecule has 1 aromatic rings. The highest BCUT2D eigenvalue weighted by atomic mass is 35.5. The number of H-pyrrole nitrogens is 1. The Morgan fingerprint density at radius 2 is 1.79 bits per heavy atom. The van der Waals surface area contributed by atoms with E-state index in [0.717, 1.165) is 0 Å². The Balaban J connectivity index is 2.05. The van der Waals surface area contributed by atoms with Crippen molar-refractivity contribution in [1.29, 1.82) is 0 Å². The van der Waals surface area contributed by atoms with Gasteiger partial charge in [0.05, 0.1) is 39.4 Å². The van der Waals surface area contributed by atoms with Crippen LogP contribution in [0.1, 0.15) is 0 Å². The summed E-state index contributed by atoms with van der Waals surface area (Å²) in [7, 11) is 1.62. The maximum Gasteiger partial charge on any atom is 0.273 e. The number of aromatic amines is 1. The highest BCUT2D eigenvalue weighted by molar-refractivity contribution is 6.31. The van der Waals surface area contributed by atoms with E-state index in [4.69, 9.17) is 30.5 Å². The van der Waals surface area contributed by atoms with Gasteiger partial charge in [-0.25, -0.2) is 4.98 Å². The van der Waals surface area contributed by atoms with Gasteiger partial charge in [-0.3, -0.25) is 4.79 Å². The van der Waals surface area contributed by atoms with Crippen molar-refractivity contribution in [1.82, 2.24) is 9.97 Å². The van der Waals surface area contributed by atoms with Crippen LogP contribution in [0.25, 0.3) is 0 Å². The van der Waals surface area contributed by atoms with E-state index < -0.39 is 5.56 Å². The minimum atomic E-state index is -0.431. The number of methoxy groups -OCH3 is 1. The molecule has 1 rings (SSSR count). The molecule has 0 atom stereocenters. The van der Waals surface area contributed by atoms with Crippen LogP contribution in [-0.2, 0) is 14.2 Å². The lowest BCUT2D eigenvalue weighted by molar-refractivity contribution is 0.0176. The molecule has 0 spiro atoms. The number of nitrogens with one attached hydrogen (secondary N) is 1. The summed E-state index contributed by atoms with van der Waals surface area (Å²) < 4.78 is 20.5. The summed E-state index contributed by atoms with van der Waals surface area (Å²) in [5.74, 6) is 0.102. The lowest BCUT2D eigenvalue weighted by atomic mass is 10.6. The third kappa shape index (κ3) is 6.53. The van der Waals surface area contributed by atoms with Gasteiger partial charge in [-0.2, -0.15) is 0 Å². The SMILES string of the molecule is COCCOCCOCCOc1nc[nH]c(=O)c1Cl. The zero-order valence-corrected chi connectivity index (χ0v) is 11.4. The molecule has 108 valence electrons. The van der Waals surface area contributed by atoms with E-state index in [1.807, 2.05) is 0 Å². The smallest absolute Gasteiger partial charge is 0.273 e. The van der Waals surface area contributed by atoms with Crippen molar-refractivity contribution in [3.63, 3.8) is 0 Å². The first-order chi connectivity index (χ1) is 9.25. The maximum atomic E-state index is 11.1. The normalized spacial score (nSPS) is 10.6. The standard InChI is InChI=1S/C11H17ClN2O5/c1-16-2-3-17-4-5-18-6-7-19-11-9(12)10(15)13-8-14-11/h8H,2-7H2,1H3,(H,13,14,15). The molecule has 0 saturated carbocycles. The quantitative estimate of drug-likeness (QED) is 0.632. The average molecular weight is 293 g/mol. The van der Waals surface area contributed by atoms with Crippen LogP contribution in [0, 0.1) is 0 Å². The number of hydrogen-bond acceptors (Lipinski definition) is 6. The van der Waals surface area contributed by atoms with Crippen LogP contribution in [0.2, 0.25) is 5.02 Å². The molecule has 8 heteroatoms. The number of hydrogen-bond donors (Lipinski definition) is 1. The second-order valence-corrected chi connectivity index (χ2v) is 3.79. The van der Waals surface area contributed by atoms with Crippen LogP contribution in [0.3, 0.4) is 0 Å². The van der Waals surface area contributed by atoms with Crippen LogP contribution in [-0.4, -0.2) is 56.7 Å². The van der Waals surface area contributed by atoms with Crippen LogP contribution in [0.4, 0.5) is 0 Å². The molecular weight excluding hydrogens is 276 g/mol. The van der Waals surface area contributed by atoms with E-state index in [1.54, 1.807) is 7.11 Å². The summed E-state index contributed by atoms with van der Waals surface area (Å²) in [6.07, 6.45) is 1.23. The third-order valence-electron chi connectivity index (χ3n) is 2.03. The summed E-state index contributed by atoms with van der Waals surface area (Å²) in [5.41, 5.74) is -0.431.